The van der Waals surface area contributed by atoms with Gasteiger partial charge in [-0.2, -0.15) is 5.10 Å². The Bertz CT molecular complexity index is 981. The van der Waals surface area contributed by atoms with Crippen molar-refractivity contribution in [2.24, 2.45) is 5.92 Å². The van der Waals surface area contributed by atoms with E-state index in [2.05, 4.69) is 42.0 Å². The van der Waals surface area contributed by atoms with Crippen molar-refractivity contribution >= 4 is 29.4 Å². The number of aromatic nitrogens is 2. The van der Waals surface area contributed by atoms with Gasteiger partial charge >= 0.3 is 6.03 Å². The van der Waals surface area contributed by atoms with Crippen molar-refractivity contribution in [1.29, 1.82) is 0 Å². The fourth-order valence-electron chi connectivity index (χ4n) is 4.26. The standard InChI is InChI=1S/C23H31ClN6O2/c1-23(2,3)18-12-19(27-22(32)25-13-14-8-10-15(24)11-9-14)30(29-18)21-26-17-7-5-4-6-16(17)20(31)28-21/h8-12,16-17,21,26H,4-7,13H2,1-3H3,(H,28,31)(H2,25,27,32). The minimum absolute atomic E-state index is 0.00303. The average Bonchev–Trinajstić information content (AvgIpc) is 3.17. The van der Waals surface area contributed by atoms with Gasteiger partial charge in [-0.1, -0.05) is 57.3 Å². The van der Waals surface area contributed by atoms with Crippen molar-refractivity contribution in [1.82, 2.24) is 25.7 Å². The Balaban J connectivity index is 1.51. The minimum Gasteiger partial charge on any atom is -0.334 e. The van der Waals surface area contributed by atoms with Gasteiger partial charge in [0.15, 0.2) is 6.29 Å². The van der Waals surface area contributed by atoms with Gasteiger partial charge in [-0.05, 0) is 30.5 Å². The fourth-order valence-corrected chi connectivity index (χ4v) is 4.38. The van der Waals surface area contributed by atoms with Crippen LogP contribution in [-0.4, -0.2) is 27.8 Å². The molecular weight excluding hydrogens is 428 g/mol. The van der Waals surface area contributed by atoms with Crippen molar-refractivity contribution in [3.05, 3.63) is 46.6 Å². The molecular formula is C23H31ClN6O2. The lowest BCUT2D eigenvalue weighted by Gasteiger charge is -2.40. The first-order valence-electron chi connectivity index (χ1n) is 11.2. The average molecular weight is 459 g/mol. The molecule has 9 heteroatoms. The molecule has 2 aliphatic rings. The van der Waals surface area contributed by atoms with Crippen LogP contribution in [0, 0.1) is 5.92 Å². The predicted molar refractivity (Wildman–Crippen MR) is 124 cm³/mol. The van der Waals surface area contributed by atoms with E-state index in [1.165, 1.54) is 0 Å². The highest BCUT2D eigenvalue weighted by atomic mass is 35.5. The number of hydrogen-bond acceptors (Lipinski definition) is 4. The van der Waals surface area contributed by atoms with Crippen LogP contribution >= 0.6 is 11.6 Å². The monoisotopic (exact) mass is 458 g/mol. The van der Waals surface area contributed by atoms with Crippen LogP contribution in [0.25, 0.3) is 0 Å². The summed E-state index contributed by atoms with van der Waals surface area (Å²) in [5.74, 6) is 0.566. The maximum Gasteiger partial charge on any atom is 0.320 e. The van der Waals surface area contributed by atoms with E-state index in [9.17, 15) is 9.59 Å². The molecule has 4 N–H and O–H groups in total. The molecule has 1 saturated carbocycles. The highest BCUT2D eigenvalue weighted by Gasteiger charge is 2.39. The van der Waals surface area contributed by atoms with Gasteiger partial charge in [0.2, 0.25) is 5.91 Å². The van der Waals surface area contributed by atoms with E-state index in [0.29, 0.717) is 17.4 Å². The molecule has 0 radical (unpaired) electrons. The van der Waals surface area contributed by atoms with Crippen molar-refractivity contribution in [2.45, 2.75) is 70.7 Å². The Hall–Kier alpha value is -2.58. The number of anilines is 1. The van der Waals surface area contributed by atoms with Crippen molar-refractivity contribution in [3.8, 4) is 0 Å². The number of carbonyl (C=O) groups excluding carboxylic acids is 2. The van der Waals surface area contributed by atoms with E-state index in [1.807, 2.05) is 18.2 Å². The Morgan fingerprint density at radius 3 is 2.66 bits per heavy atom. The number of halogens is 1. The second-order valence-electron chi connectivity index (χ2n) is 9.62. The van der Waals surface area contributed by atoms with Crippen molar-refractivity contribution in [2.75, 3.05) is 5.32 Å². The Morgan fingerprint density at radius 2 is 1.94 bits per heavy atom. The molecule has 1 aromatic heterocycles. The first-order chi connectivity index (χ1) is 15.2. The summed E-state index contributed by atoms with van der Waals surface area (Å²) in [6.07, 6.45) is 3.55. The summed E-state index contributed by atoms with van der Waals surface area (Å²) >= 11 is 5.92. The van der Waals surface area contributed by atoms with Crippen LogP contribution in [0.1, 0.15) is 64.0 Å². The Kier molecular flexibility index (Phi) is 6.44. The van der Waals surface area contributed by atoms with E-state index in [-0.39, 0.29) is 29.3 Å². The molecule has 3 unspecified atom stereocenters. The molecule has 3 atom stereocenters. The number of benzene rings is 1. The van der Waals surface area contributed by atoms with Gasteiger partial charge in [-0.25, -0.2) is 9.48 Å². The Morgan fingerprint density at radius 1 is 1.22 bits per heavy atom. The number of carbonyl (C=O) groups is 2. The fraction of sp³-hybridized carbons (Fsp3) is 0.522. The summed E-state index contributed by atoms with van der Waals surface area (Å²) in [7, 11) is 0. The van der Waals surface area contributed by atoms with E-state index >= 15 is 0 Å². The maximum atomic E-state index is 12.7. The van der Waals surface area contributed by atoms with Gasteiger partial charge in [-0.15, -0.1) is 0 Å². The smallest absolute Gasteiger partial charge is 0.320 e. The highest BCUT2D eigenvalue weighted by Crippen LogP contribution is 2.31. The van der Waals surface area contributed by atoms with Crippen LogP contribution < -0.4 is 21.3 Å². The molecule has 2 aromatic rings. The van der Waals surface area contributed by atoms with Crippen molar-refractivity contribution in [3.63, 3.8) is 0 Å². The lowest BCUT2D eigenvalue weighted by molar-refractivity contribution is -0.132. The SMILES string of the molecule is CC(C)(C)c1cc(NC(=O)NCc2ccc(Cl)cc2)n(C2NC(=O)C3CCCCC3N2)n1. The number of hydrogen-bond donors (Lipinski definition) is 4. The van der Waals surface area contributed by atoms with Gasteiger partial charge < -0.3 is 10.6 Å². The Labute approximate surface area is 193 Å². The lowest BCUT2D eigenvalue weighted by Crippen LogP contribution is -2.59. The number of nitrogens with one attached hydrogen (secondary N) is 4. The molecule has 2 heterocycles. The molecule has 172 valence electrons. The molecule has 1 saturated heterocycles. The zero-order valence-electron chi connectivity index (χ0n) is 18.7. The predicted octanol–water partition coefficient (Wildman–Crippen LogP) is 3.89. The molecule has 32 heavy (non-hydrogen) atoms. The molecule has 1 aromatic carbocycles. The van der Waals surface area contributed by atoms with E-state index < -0.39 is 6.29 Å². The number of rotatable bonds is 4. The molecule has 8 nitrogen and oxygen atoms in total. The molecule has 2 fully saturated rings. The highest BCUT2D eigenvalue weighted by molar-refractivity contribution is 6.30. The normalized spacial score (nSPS) is 23.2. The van der Waals surface area contributed by atoms with Gasteiger partial charge in [0.25, 0.3) is 0 Å². The van der Waals surface area contributed by atoms with Gasteiger partial charge in [0, 0.05) is 29.1 Å². The zero-order chi connectivity index (χ0) is 22.9. The quantitative estimate of drug-likeness (QED) is 0.558. The molecule has 0 bridgehead atoms. The molecule has 0 spiro atoms. The second-order valence-corrected chi connectivity index (χ2v) is 10.1. The van der Waals surface area contributed by atoms with Crippen LogP contribution in [0.2, 0.25) is 5.02 Å². The first-order valence-corrected chi connectivity index (χ1v) is 11.5. The third-order valence-electron chi connectivity index (χ3n) is 6.11. The van der Waals surface area contributed by atoms with Crippen LogP contribution in [0.4, 0.5) is 10.6 Å². The van der Waals surface area contributed by atoms with E-state index in [4.69, 9.17) is 16.7 Å². The number of fused-ring (bicyclic) bond motifs is 1. The van der Waals surface area contributed by atoms with E-state index in [1.54, 1.807) is 16.8 Å². The summed E-state index contributed by atoms with van der Waals surface area (Å²) in [6.45, 7) is 6.56. The minimum atomic E-state index is -0.510. The third-order valence-corrected chi connectivity index (χ3v) is 6.36. The van der Waals surface area contributed by atoms with Crippen LogP contribution in [-0.2, 0) is 16.8 Å². The summed E-state index contributed by atoms with van der Waals surface area (Å²) in [6, 6.07) is 8.95. The van der Waals surface area contributed by atoms with Crippen LogP contribution in [0.3, 0.4) is 0 Å². The summed E-state index contributed by atoms with van der Waals surface area (Å²) in [4.78, 5) is 25.4. The van der Waals surface area contributed by atoms with Gasteiger partial charge in [-0.3, -0.25) is 15.4 Å². The second kappa shape index (κ2) is 9.11. The van der Waals surface area contributed by atoms with Crippen molar-refractivity contribution < 1.29 is 9.59 Å². The summed E-state index contributed by atoms with van der Waals surface area (Å²) in [5.41, 5.74) is 1.55. The summed E-state index contributed by atoms with van der Waals surface area (Å²) < 4.78 is 1.67. The van der Waals surface area contributed by atoms with Gasteiger partial charge in [0.05, 0.1) is 11.6 Å². The van der Waals surface area contributed by atoms with Gasteiger partial charge in [0.1, 0.15) is 5.82 Å². The maximum absolute atomic E-state index is 12.7. The number of urea groups is 1. The van der Waals surface area contributed by atoms with E-state index in [0.717, 1.165) is 36.9 Å². The lowest BCUT2D eigenvalue weighted by atomic mass is 9.83. The number of nitrogens with zero attached hydrogens (tertiary/aromatic N) is 2. The number of amides is 3. The zero-order valence-corrected chi connectivity index (χ0v) is 19.5. The molecule has 1 aliphatic heterocycles. The molecule has 3 amide bonds. The van der Waals surface area contributed by atoms with Crippen LogP contribution in [0.15, 0.2) is 30.3 Å². The van der Waals surface area contributed by atoms with Crippen LogP contribution in [0.5, 0.6) is 0 Å². The molecule has 4 rings (SSSR count). The topological polar surface area (TPSA) is 100 Å². The molecule has 1 aliphatic carbocycles. The summed E-state index contributed by atoms with van der Waals surface area (Å²) in [5, 5.41) is 17.7. The first kappa shape index (κ1) is 22.6. The largest absolute Gasteiger partial charge is 0.334 e. The third kappa shape index (κ3) is 5.07.